The van der Waals surface area contributed by atoms with Crippen LogP contribution in [-0.4, -0.2) is 18.2 Å². The van der Waals surface area contributed by atoms with Crippen molar-refractivity contribution in [3.63, 3.8) is 0 Å². The summed E-state index contributed by atoms with van der Waals surface area (Å²) in [4.78, 5) is 11.0. The van der Waals surface area contributed by atoms with E-state index in [1.54, 1.807) is 19.2 Å². The van der Waals surface area contributed by atoms with E-state index in [-0.39, 0.29) is 6.42 Å². The van der Waals surface area contributed by atoms with Gasteiger partial charge in [-0.3, -0.25) is 4.79 Å². The molecule has 0 aliphatic heterocycles. The first kappa shape index (κ1) is 8.07. The normalized spacial score (nSPS) is 9.55. The Morgan fingerprint density at radius 2 is 2.45 bits per heavy atom. The number of thiophene rings is 1. The van der Waals surface area contributed by atoms with E-state index >= 15 is 0 Å². The van der Waals surface area contributed by atoms with Crippen molar-refractivity contribution in [1.82, 2.24) is 0 Å². The van der Waals surface area contributed by atoms with Crippen LogP contribution < -0.4 is 4.74 Å². The molecule has 0 aromatic carbocycles. The summed E-state index contributed by atoms with van der Waals surface area (Å²) in [5.41, 5.74) is 0. The van der Waals surface area contributed by atoms with Crippen molar-refractivity contribution in [2.45, 2.75) is 6.42 Å². The van der Waals surface area contributed by atoms with Gasteiger partial charge in [0.25, 0.3) is 0 Å². The van der Waals surface area contributed by atoms with Gasteiger partial charge >= 0.3 is 5.97 Å². The molecule has 0 amide bonds. The van der Waals surface area contributed by atoms with Gasteiger partial charge in [0.2, 0.25) is 0 Å². The molecule has 0 saturated heterocycles. The Hall–Kier alpha value is -1.03. The van der Waals surface area contributed by atoms with E-state index in [0.717, 1.165) is 9.94 Å². The van der Waals surface area contributed by atoms with Gasteiger partial charge in [-0.2, -0.15) is 0 Å². The summed E-state index contributed by atoms with van der Waals surface area (Å²) in [6, 6.07) is 3.53. The molecule has 0 unspecified atom stereocenters. The Balaban J connectivity index is 2.65. The fourth-order valence-electron chi connectivity index (χ4n) is 0.712. The summed E-state index contributed by atoms with van der Waals surface area (Å²) in [5.74, 6) is -0.811. The molecule has 0 bridgehead atoms. The van der Waals surface area contributed by atoms with Gasteiger partial charge < -0.3 is 9.84 Å². The van der Waals surface area contributed by atoms with Crippen LogP contribution in [0, 0.1) is 0 Å². The summed E-state index contributed by atoms with van der Waals surface area (Å²) < 4.78 is 4.90. The Bertz CT molecular complexity index is 254. The number of ether oxygens (including phenoxy) is 1. The second-order valence-electron chi connectivity index (χ2n) is 2.00. The second-order valence-corrected chi connectivity index (χ2v) is 3.13. The molecule has 4 heteroatoms. The predicted molar refractivity (Wildman–Crippen MR) is 42.2 cm³/mol. The van der Waals surface area contributed by atoms with Crippen LogP contribution in [0.2, 0.25) is 0 Å². The van der Waals surface area contributed by atoms with E-state index < -0.39 is 5.97 Å². The Labute approximate surface area is 68.2 Å². The molecule has 1 aromatic rings. The third-order valence-electron chi connectivity index (χ3n) is 1.16. The van der Waals surface area contributed by atoms with Crippen LogP contribution >= 0.6 is 11.3 Å². The first-order chi connectivity index (χ1) is 5.22. The fraction of sp³-hybridized carbons (Fsp3) is 0.286. The van der Waals surface area contributed by atoms with Crippen molar-refractivity contribution in [3.8, 4) is 5.06 Å². The molecule has 1 heterocycles. The minimum atomic E-state index is -0.811. The quantitative estimate of drug-likeness (QED) is 0.749. The van der Waals surface area contributed by atoms with Crippen LogP contribution in [0.4, 0.5) is 0 Å². The van der Waals surface area contributed by atoms with Gasteiger partial charge in [0.05, 0.1) is 13.5 Å². The Morgan fingerprint density at radius 1 is 1.73 bits per heavy atom. The lowest BCUT2D eigenvalue weighted by molar-refractivity contribution is -0.136. The lowest BCUT2D eigenvalue weighted by atomic mass is 10.3. The van der Waals surface area contributed by atoms with Crippen molar-refractivity contribution >= 4 is 17.3 Å². The number of aliphatic carboxylic acids is 1. The highest BCUT2D eigenvalue weighted by Gasteiger charge is 2.03. The highest BCUT2D eigenvalue weighted by atomic mass is 32.1. The van der Waals surface area contributed by atoms with Gasteiger partial charge in [-0.1, -0.05) is 0 Å². The van der Waals surface area contributed by atoms with Crippen LogP contribution in [0.5, 0.6) is 5.06 Å². The molecule has 0 atom stereocenters. The number of carboxylic acid groups (broad SMARTS) is 1. The minimum absolute atomic E-state index is 0.0774. The first-order valence-corrected chi connectivity index (χ1v) is 3.88. The highest BCUT2D eigenvalue weighted by molar-refractivity contribution is 7.13. The molecule has 1 rings (SSSR count). The van der Waals surface area contributed by atoms with Crippen LogP contribution in [0.3, 0.4) is 0 Å². The molecule has 1 N–H and O–H groups in total. The molecular weight excluding hydrogens is 164 g/mol. The summed E-state index contributed by atoms with van der Waals surface area (Å²) in [6.07, 6.45) is 0.0774. The highest BCUT2D eigenvalue weighted by Crippen LogP contribution is 2.23. The summed E-state index contributed by atoms with van der Waals surface area (Å²) in [6.45, 7) is 0. The lowest BCUT2D eigenvalue weighted by Crippen LogP contribution is -1.96. The predicted octanol–water partition coefficient (Wildman–Crippen LogP) is 1.38. The van der Waals surface area contributed by atoms with Gasteiger partial charge in [-0.25, -0.2) is 0 Å². The molecule has 0 aliphatic rings. The van der Waals surface area contributed by atoms with E-state index in [1.165, 1.54) is 11.3 Å². The zero-order valence-corrected chi connectivity index (χ0v) is 6.85. The molecule has 60 valence electrons. The topological polar surface area (TPSA) is 46.5 Å². The van der Waals surface area contributed by atoms with Crippen LogP contribution in [0.25, 0.3) is 0 Å². The number of carboxylic acids is 1. The fourth-order valence-corrected chi connectivity index (χ4v) is 1.52. The largest absolute Gasteiger partial charge is 0.487 e. The zero-order valence-electron chi connectivity index (χ0n) is 6.03. The van der Waals surface area contributed by atoms with Crippen LogP contribution in [-0.2, 0) is 11.2 Å². The number of hydrogen-bond acceptors (Lipinski definition) is 3. The van der Waals surface area contributed by atoms with E-state index in [1.807, 2.05) is 0 Å². The maximum absolute atomic E-state index is 10.2. The Morgan fingerprint density at radius 3 is 2.91 bits per heavy atom. The summed E-state index contributed by atoms with van der Waals surface area (Å²) >= 11 is 1.36. The van der Waals surface area contributed by atoms with Gasteiger partial charge in [-0.15, -0.1) is 11.3 Å². The van der Waals surface area contributed by atoms with E-state index in [9.17, 15) is 4.79 Å². The third-order valence-corrected chi connectivity index (χ3v) is 2.21. The number of hydrogen-bond donors (Lipinski definition) is 1. The van der Waals surface area contributed by atoms with Crippen molar-refractivity contribution in [2.24, 2.45) is 0 Å². The van der Waals surface area contributed by atoms with Crippen molar-refractivity contribution in [3.05, 3.63) is 17.0 Å². The van der Waals surface area contributed by atoms with Crippen LogP contribution in [0.15, 0.2) is 12.1 Å². The van der Waals surface area contributed by atoms with Crippen molar-refractivity contribution < 1.29 is 14.6 Å². The average Bonchev–Trinajstić information content (AvgIpc) is 2.34. The average molecular weight is 172 g/mol. The van der Waals surface area contributed by atoms with Gasteiger partial charge in [0, 0.05) is 4.88 Å². The molecule has 0 spiro atoms. The lowest BCUT2D eigenvalue weighted by Gasteiger charge is -1.89. The smallest absolute Gasteiger partial charge is 0.308 e. The van der Waals surface area contributed by atoms with Crippen LogP contribution in [0.1, 0.15) is 4.88 Å². The summed E-state index contributed by atoms with van der Waals surface area (Å²) in [5, 5.41) is 9.17. The first-order valence-electron chi connectivity index (χ1n) is 3.07. The van der Waals surface area contributed by atoms with Crippen molar-refractivity contribution in [1.29, 1.82) is 0 Å². The molecule has 0 fully saturated rings. The number of carbonyl (C=O) groups is 1. The molecule has 0 radical (unpaired) electrons. The number of methoxy groups -OCH3 is 1. The van der Waals surface area contributed by atoms with E-state index in [2.05, 4.69) is 0 Å². The van der Waals surface area contributed by atoms with Gasteiger partial charge in [-0.05, 0) is 12.1 Å². The molecule has 0 saturated carbocycles. The number of rotatable bonds is 3. The standard InChI is InChI=1S/C7H8O3S/c1-10-7-3-2-5(11-7)4-6(8)9/h2-3H,4H2,1H3,(H,8,9). The molecule has 0 aliphatic carbocycles. The molecular formula is C7H8O3S. The molecule has 11 heavy (non-hydrogen) atoms. The zero-order chi connectivity index (χ0) is 8.27. The SMILES string of the molecule is COc1ccc(CC(=O)O)s1. The summed E-state index contributed by atoms with van der Waals surface area (Å²) in [7, 11) is 1.57. The molecule has 3 nitrogen and oxygen atoms in total. The van der Waals surface area contributed by atoms with E-state index in [4.69, 9.17) is 9.84 Å². The maximum atomic E-state index is 10.2. The Kier molecular flexibility index (Phi) is 2.48. The monoisotopic (exact) mass is 172 g/mol. The third kappa shape index (κ3) is 2.23. The second kappa shape index (κ2) is 3.39. The van der Waals surface area contributed by atoms with Crippen molar-refractivity contribution in [2.75, 3.05) is 7.11 Å². The van der Waals surface area contributed by atoms with Gasteiger partial charge in [0.15, 0.2) is 5.06 Å². The van der Waals surface area contributed by atoms with Gasteiger partial charge in [0.1, 0.15) is 0 Å². The molecule has 1 aromatic heterocycles. The van der Waals surface area contributed by atoms with E-state index in [0.29, 0.717) is 0 Å². The minimum Gasteiger partial charge on any atom is -0.487 e. The maximum Gasteiger partial charge on any atom is 0.308 e.